The summed E-state index contributed by atoms with van der Waals surface area (Å²) in [6.07, 6.45) is 1.60. The van der Waals surface area contributed by atoms with E-state index in [4.69, 9.17) is 23.2 Å². The zero-order chi connectivity index (χ0) is 17.6. The van der Waals surface area contributed by atoms with Gasteiger partial charge in [-0.2, -0.15) is 5.26 Å². The maximum Gasteiger partial charge on any atom is 0.266 e. The van der Waals surface area contributed by atoms with Crippen molar-refractivity contribution < 1.29 is 0 Å². The zero-order valence-corrected chi connectivity index (χ0v) is 14.6. The highest BCUT2D eigenvalue weighted by atomic mass is 35.5. The lowest BCUT2D eigenvalue weighted by Crippen LogP contribution is -2.19. The molecule has 0 fully saturated rings. The van der Waals surface area contributed by atoms with Gasteiger partial charge < -0.3 is 4.98 Å². The van der Waals surface area contributed by atoms with Gasteiger partial charge in [-0.25, -0.2) is 0 Å². The molecule has 0 radical (unpaired) electrons. The van der Waals surface area contributed by atoms with Crippen molar-refractivity contribution in [2.75, 3.05) is 0 Å². The number of H-pyrrole nitrogens is 1. The summed E-state index contributed by atoms with van der Waals surface area (Å²) in [6, 6.07) is 15.2. The number of hydrogen-bond acceptors (Lipinski definition) is 2. The van der Waals surface area contributed by atoms with E-state index >= 15 is 0 Å². The maximum absolute atomic E-state index is 12.5. The minimum atomic E-state index is -0.390. The number of fused-ring (bicyclic) bond motifs is 3. The normalized spacial score (nSPS) is 12.2. The van der Waals surface area contributed by atoms with Crippen LogP contribution in [0.3, 0.4) is 0 Å². The second-order valence-electron chi connectivity index (χ2n) is 5.96. The molecule has 0 saturated carbocycles. The molecule has 3 aromatic rings. The molecule has 1 heterocycles. The Balaban J connectivity index is 2.08. The third kappa shape index (κ3) is 2.55. The summed E-state index contributed by atoms with van der Waals surface area (Å²) in [6.45, 7) is 0. The third-order valence-corrected chi connectivity index (χ3v) is 5.31. The number of pyridine rings is 1. The van der Waals surface area contributed by atoms with E-state index in [9.17, 15) is 10.1 Å². The quantitative estimate of drug-likeness (QED) is 0.659. The Morgan fingerprint density at radius 1 is 1.04 bits per heavy atom. The smallest absolute Gasteiger partial charge is 0.266 e. The summed E-state index contributed by atoms with van der Waals surface area (Å²) in [5.41, 5.74) is 5.04. The van der Waals surface area contributed by atoms with E-state index in [2.05, 4.69) is 17.1 Å². The van der Waals surface area contributed by atoms with Gasteiger partial charge >= 0.3 is 0 Å². The number of nitriles is 1. The largest absolute Gasteiger partial charge is 0.320 e. The molecule has 25 heavy (non-hydrogen) atoms. The highest BCUT2D eigenvalue weighted by Crippen LogP contribution is 2.39. The van der Waals surface area contributed by atoms with Crippen LogP contribution in [0.2, 0.25) is 10.0 Å². The Hall–Kier alpha value is -2.54. The number of aryl methyl sites for hydroxylation is 1. The predicted octanol–water partition coefficient (Wildman–Crippen LogP) is 4.99. The van der Waals surface area contributed by atoms with Gasteiger partial charge in [0.15, 0.2) is 0 Å². The molecule has 0 saturated heterocycles. The molecule has 1 N–H and O–H groups in total. The molecule has 122 valence electrons. The summed E-state index contributed by atoms with van der Waals surface area (Å²) in [4.78, 5) is 15.4. The van der Waals surface area contributed by atoms with Crippen LogP contribution < -0.4 is 5.56 Å². The van der Waals surface area contributed by atoms with Crippen molar-refractivity contribution in [3.63, 3.8) is 0 Å². The van der Waals surface area contributed by atoms with E-state index in [-0.39, 0.29) is 11.1 Å². The van der Waals surface area contributed by atoms with Crippen LogP contribution in [0.25, 0.3) is 22.4 Å². The number of hydrogen-bond donors (Lipinski definition) is 1. The highest BCUT2D eigenvalue weighted by molar-refractivity contribution is 6.42. The number of benzene rings is 2. The van der Waals surface area contributed by atoms with Gasteiger partial charge in [-0.3, -0.25) is 4.79 Å². The predicted molar refractivity (Wildman–Crippen MR) is 100 cm³/mol. The molecular formula is C20H12Cl2N2O. The molecular weight excluding hydrogens is 355 g/mol. The molecule has 0 unspecified atom stereocenters. The fraction of sp³-hybridized carbons (Fsp3) is 0.100. The number of halogens is 2. The van der Waals surface area contributed by atoms with Crippen molar-refractivity contribution in [3.05, 3.63) is 79.6 Å². The number of nitrogens with one attached hydrogen (secondary N) is 1. The molecule has 3 nitrogen and oxygen atoms in total. The van der Waals surface area contributed by atoms with Gasteiger partial charge in [0.05, 0.1) is 15.7 Å². The number of aromatic amines is 1. The van der Waals surface area contributed by atoms with Crippen LogP contribution in [0, 0.1) is 11.3 Å². The number of aromatic nitrogens is 1. The number of nitrogens with zero attached hydrogens (tertiary/aromatic N) is 1. The Morgan fingerprint density at radius 3 is 2.60 bits per heavy atom. The van der Waals surface area contributed by atoms with Gasteiger partial charge in [-0.05, 0) is 41.7 Å². The zero-order valence-electron chi connectivity index (χ0n) is 13.1. The molecule has 2 aromatic carbocycles. The molecule has 0 aliphatic heterocycles. The summed E-state index contributed by atoms with van der Waals surface area (Å²) in [7, 11) is 0. The van der Waals surface area contributed by atoms with Crippen LogP contribution in [0.1, 0.15) is 16.7 Å². The van der Waals surface area contributed by atoms with Crippen molar-refractivity contribution in [1.29, 1.82) is 5.26 Å². The van der Waals surface area contributed by atoms with E-state index < -0.39 is 0 Å². The van der Waals surface area contributed by atoms with Crippen LogP contribution in [-0.4, -0.2) is 4.98 Å². The van der Waals surface area contributed by atoms with E-state index in [0.29, 0.717) is 15.6 Å². The molecule has 1 aliphatic rings. The first-order valence-corrected chi connectivity index (χ1v) is 8.58. The lowest BCUT2D eigenvalue weighted by atomic mass is 9.83. The molecule has 0 spiro atoms. The Morgan fingerprint density at radius 2 is 1.84 bits per heavy atom. The first-order chi connectivity index (χ1) is 12.1. The van der Waals surface area contributed by atoms with Gasteiger partial charge in [0.25, 0.3) is 5.56 Å². The average molecular weight is 367 g/mol. The summed E-state index contributed by atoms with van der Waals surface area (Å²) >= 11 is 12.2. The van der Waals surface area contributed by atoms with Crippen LogP contribution in [0.5, 0.6) is 0 Å². The second kappa shape index (κ2) is 6.07. The fourth-order valence-corrected chi connectivity index (χ4v) is 3.74. The number of rotatable bonds is 1. The summed E-state index contributed by atoms with van der Waals surface area (Å²) < 4.78 is 0. The second-order valence-corrected chi connectivity index (χ2v) is 6.77. The first-order valence-electron chi connectivity index (χ1n) is 7.83. The molecule has 0 amide bonds. The minimum absolute atomic E-state index is 0.108. The lowest BCUT2D eigenvalue weighted by molar-refractivity contribution is 0.923. The maximum atomic E-state index is 12.5. The minimum Gasteiger partial charge on any atom is -0.320 e. The standard InChI is InChI=1S/C20H12Cl2N2O/c21-16-8-6-12(9-17(16)22)18-14-7-5-11-3-1-2-4-13(11)19(14)24-20(25)15(18)10-23/h1-4,6,8-9H,5,7H2,(H,24,25). The van der Waals surface area contributed by atoms with E-state index in [1.54, 1.807) is 18.2 Å². The molecule has 1 aliphatic carbocycles. The van der Waals surface area contributed by atoms with Crippen LogP contribution in [0.4, 0.5) is 0 Å². The molecule has 1 aromatic heterocycles. The van der Waals surface area contributed by atoms with Crippen molar-refractivity contribution in [2.45, 2.75) is 12.8 Å². The van der Waals surface area contributed by atoms with Crippen molar-refractivity contribution in [3.8, 4) is 28.5 Å². The van der Waals surface area contributed by atoms with E-state index in [1.807, 2.05) is 18.2 Å². The van der Waals surface area contributed by atoms with E-state index in [1.165, 1.54) is 5.56 Å². The van der Waals surface area contributed by atoms with Gasteiger partial charge in [-0.1, -0.05) is 53.5 Å². The average Bonchev–Trinajstić information content (AvgIpc) is 2.63. The Kier molecular flexibility index (Phi) is 3.88. The van der Waals surface area contributed by atoms with Gasteiger partial charge in [0.2, 0.25) is 0 Å². The van der Waals surface area contributed by atoms with Gasteiger partial charge in [0, 0.05) is 11.1 Å². The van der Waals surface area contributed by atoms with Crippen molar-refractivity contribution in [1.82, 2.24) is 4.98 Å². The fourth-order valence-electron chi connectivity index (χ4n) is 3.44. The van der Waals surface area contributed by atoms with Crippen LogP contribution >= 0.6 is 23.2 Å². The summed E-state index contributed by atoms with van der Waals surface area (Å²) in [5, 5.41) is 10.4. The Bertz CT molecular complexity index is 1110. The van der Waals surface area contributed by atoms with Crippen LogP contribution in [-0.2, 0) is 12.8 Å². The van der Waals surface area contributed by atoms with E-state index in [0.717, 1.165) is 35.2 Å². The van der Waals surface area contributed by atoms with Crippen molar-refractivity contribution in [2.24, 2.45) is 0 Å². The van der Waals surface area contributed by atoms with Gasteiger partial charge in [0.1, 0.15) is 11.6 Å². The topological polar surface area (TPSA) is 56.6 Å². The lowest BCUT2D eigenvalue weighted by Gasteiger charge is -2.23. The monoisotopic (exact) mass is 366 g/mol. The SMILES string of the molecule is N#Cc1c(-c2ccc(Cl)c(Cl)c2)c2c([nH]c1=O)-c1ccccc1CC2. The van der Waals surface area contributed by atoms with Crippen molar-refractivity contribution >= 4 is 23.2 Å². The highest BCUT2D eigenvalue weighted by Gasteiger charge is 2.24. The Labute approximate surface area is 154 Å². The summed E-state index contributed by atoms with van der Waals surface area (Å²) in [5.74, 6) is 0. The molecule has 4 rings (SSSR count). The molecule has 0 bridgehead atoms. The molecule has 5 heteroatoms. The third-order valence-electron chi connectivity index (χ3n) is 4.57. The molecule has 0 atom stereocenters. The van der Waals surface area contributed by atoms with Crippen LogP contribution in [0.15, 0.2) is 47.3 Å². The van der Waals surface area contributed by atoms with Gasteiger partial charge in [-0.15, -0.1) is 0 Å². The first kappa shape index (κ1) is 16.0.